The molecule has 5 heteroatoms. The van der Waals surface area contributed by atoms with Gasteiger partial charge in [0.2, 0.25) is 0 Å². The first-order valence-corrected chi connectivity index (χ1v) is 5.96. The largest absolute Gasteiger partial charge is 0.324 e. The molecule has 1 aromatic heterocycles. The van der Waals surface area contributed by atoms with Crippen molar-refractivity contribution in [1.82, 2.24) is 4.98 Å². The Morgan fingerprint density at radius 2 is 2.07 bits per heavy atom. The Labute approximate surface area is 105 Å². The van der Waals surface area contributed by atoms with Gasteiger partial charge in [-0.2, -0.15) is 0 Å². The van der Waals surface area contributed by atoms with Gasteiger partial charge >= 0.3 is 0 Å². The molecule has 2 nitrogen and oxygen atoms in total. The summed E-state index contributed by atoms with van der Waals surface area (Å²) in [6.45, 7) is 2.11. The van der Waals surface area contributed by atoms with Gasteiger partial charge in [-0.15, -0.1) is 0 Å². The lowest BCUT2D eigenvalue weighted by molar-refractivity contribution is 0.603. The molecule has 0 unspecified atom stereocenters. The topological polar surface area (TPSA) is 38.9 Å². The van der Waals surface area contributed by atoms with Crippen LogP contribution in [0, 0.1) is 0 Å². The van der Waals surface area contributed by atoms with Gasteiger partial charge in [0, 0.05) is 17.8 Å². The molecule has 1 rings (SSSR count). The summed E-state index contributed by atoms with van der Waals surface area (Å²) in [6, 6.07) is -0.176. The van der Waals surface area contributed by atoms with Gasteiger partial charge in [-0.05, 0) is 6.42 Å². The monoisotopic (exact) mass is 266 g/mol. The fraction of sp³-hybridized carbons (Fsp3) is 0.500. The zero-order chi connectivity index (χ0) is 11.4. The lowest BCUT2D eigenvalue weighted by atomic mass is 10.0. The van der Waals surface area contributed by atoms with Crippen molar-refractivity contribution in [3.63, 3.8) is 0 Å². The van der Waals surface area contributed by atoms with Gasteiger partial charge in [0.05, 0.1) is 10.0 Å². The van der Waals surface area contributed by atoms with Crippen LogP contribution in [0.4, 0.5) is 0 Å². The summed E-state index contributed by atoms with van der Waals surface area (Å²) in [5, 5.41) is 1.10. The van der Waals surface area contributed by atoms with Crippen LogP contribution in [-0.2, 0) is 0 Å². The predicted octanol–water partition coefficient (Wildman–Crippen LogP) is 4.23. The Bertz CT molecular complexity index is 342. The molecule has 0 saturated heterocycles. The molecular weight excluding hydrogens is 254 g/mol. The summed E-state index contributed by atoms with van der Waals surface area (Å²) in [5.74, 6) is 0. The maximum Gasteiger partial charge on any atom is 0.148 e. The normalized spacial score (nSPS) is 12.9. The molecule has 0 aliphatic rings. The molecule has 0 aliphatic carbocycles. The lowest BCUT2D eigenvalue weighted by Gasteiger charge is -2.15. The second-order valence-corrected chi connectivity index (χ2v) is 4.52. The van der Waals surface area contributed by atoms with Crippen molar-refractivity contribution < 1.29 is 0 Å². The summed E-state index contributed by atoms with van der Waals surface area (Å²) in [4.78, 5) is 3.85. The second-order valence-electron chi connectivity index (χ2n) is 3.37. The Morgan fingerprint density at radius 3 is 2.67 bits per heavy atom. The van der Waals surface area contributed by atoms with E-state index in [0.717, 1.165) is 19.3 Å². The van der Waals surface area contributed by atoms with Crippen molar-refractivity contribution in [2.75, 3.05) is 0 Å². The van der Waals surface area contributed by atoms with E-state index in [-0.39, 0.29) is 11.2 Å². The number of nitrogens with zero attached hydrogens (tertiary/aromatic N) is 1. The van der Waals surface area contributed by atoms with Crippen LogP contribution >= 0.6 is 34.8 Å². The highest BCUT2D eigenvalue weighted by molar-refractivity contribution is 6.43. The number of rotatable bonds is 4. The molecule has 1 heterocycles. The van der Waals surface area contributed by atoms with E-state index >= 15 is 0 Å². The van der Waals surface area contributed by atoms with E-state index in [2.05, 4.69) is 11.9 Å². The van der Waals surface area contributed by atoms with E-state index in [0.29, 0.717) is 15.6 Å². The molecule has 1 aromatic rings. The summed E-state index contributed by atoms with van der Waals surface area (Å²) < 4.78 is 0. The highest BCUT2D eigenvalue weighted by Gasteiger charge is 2.16. The number of halogens is 3. The third-order valence-corrected chi connectivity index (χ3v) is 3.27. The Hall–Kier alpha value is -0.0200. The number of hydrogen-bond donors (Lipinski definition) is 1. The molecule has 84 valence electrons. The number of aromatic nitrogens is 1. The van der Waals surface area contributed by atoms with Crippen LogP contribution in [0.3, 0.4) is 0 Å². The molecule has 1 atom stereocenters. The van der Waals surface area contributed by atoms with E-state index in [1.54, 1.807) is 0 Å². The van der Waals surface area contributed by atoms with Crippen molar-refractivity contribution in [2.45, 2.75) is 32.2 Å². The SMILES string of the molecule is CCCC[C@@H](N)c1c(Cl)cnc(Cl)c1Cl. The average molecular weight is 268 g/mol. The highest BCUT2D eigenvalue weighted by atomic mass is 35.5. The Kier molecular flexibility index (Phi) is 5.13. The minimum absolute atomic E-state index is 0.176. The minimum atomic E-state index is -0.176. The van der Waals surface area contributed by atoms with Crippen molar-refractivity contribution in [1.29, 1.82) is 0 Å². The van der Waals surface area contributed by atoms with Crippen molar-refractivity contribution in [3.8, 4) is 0 Å². The van der Waals surface area contributed by atoms with Crippen molar-refractivity contribution in [3.05, 3.63) is 27.0 Å². The first-order chi connectivity index (χ1) is 7.07. The molecule has 15 heavy (non-hydrogen) atoms. The van der Waals surface area contributed by atoms with E-state index in [1.807, 2.05) is 0 Å². The molecule has 0 amide bonds. The first kappa shape index (κ1) is 13.0. The summed E-state index contributed by atoms with van der Waals surface area (Å²) in [5.41, 5.74) is 6.70. The molecule has 0 saturated carbocycles. The minimum Gasteiger partial charge on any atom is -0.324 e. The van der Waals surface area contributed by atoms with Gasteiger partial charge in [-0.25, -0.2) is 4.98 Å². The van der Waals surface area contributed by atoms with Gasteiger partial charge in [-0.1, -0.05) is 54.6 Å². The third-order valence-electron chi connectivity index (χ3n) is 2.21. The maximum atomic E-state index is 6.01. The standard InChI is InChI=1S/C10H13Cl3N2/c1-2-3-4-7(14)8-6(11)5-15-10(13)9(8)12/h5,7H,2-4,14H2,1H3/t7-/m1/s1. The summed E-state index contributed by atoms with van der Waals surface area (Å²) >= 11 is 17.8. The van der Waals surface area contributed by atoms with Gasteiger partial charge < -0.3 is 5.73 Å². The van der Waals surface area contributed by atoms with Gasteiger partial charge in [0.15, 0.2) is 0 Å². The number of pyridine rings is 1. The molecule has 0 spiro atoms. The molecule has 0 aliphatic heterocycles. The Morgan fingerprint density at radius 1 is 1.40 bits per heavy atom. The van der Waals surface area contributed by atoms with Gasteiger partial charge in [0.1, 0.15) is 5.15 Å². The van der Waals surface area contributed by atoms with Crippen molar-refractivity contribution in [2.24, 2.45) is 5.73 Å². The average Bonchev–Trinajstić information content (AvgIpc) is 2.21. The highest BCUT2D eigenvalue weighted by Crippen LogP contribution is 2.34. The van der Waals surface area contributed by atoms with Crippen LogP contribution in [0.25, 0.3) is 0 Å². The van der Waals surface area contributed by atoms with Gasteiger partial charge in [-0.3, -0.25) is 0 Å². The molecule has 0 bridgehead atoms. The number of unbranched alkanes of at least 4 members (excludes halogenated alkanes) is 1. The Balaban J connectivity index is 2.96. The fourth-order valence-corrected chi connectivity index (χ4v) is 2.14. The van der Waals surface area contributed by atoms with E-state index < -0.39 is 0 Å². The molecule has 0 fully saturated rings. The third kappa shape index (κ3) is 3.22. The van der Waals surface area contributed by atoms with Crippen LogP contribution < -0.4 is 5.73 Å². The lowest BCUT2D eigenvalue weighted by Crippen LogP contribution is -2.11. The van der Waals surface area contributed by atoms with E-state index in [4.69, 9.17) is 40.5 Å². The first-order valence-electron chi connectivity index (χ1n) is 4.82. The quantitative estimate of drug-likeness (QED) is 0.829. The predicted molar refractivity (Wildman–Crippen MR) is 65.7 cm³/mol. The van der Waals surface area contributed by atoms with Crippen LogP contribution in [0.5, 0.6) is 0 Å². The van der Waals surface area contributed by atoms with E-state index in [1.165, 1.54) is 6.20 Å². The summed E-state index contributed by atoms with van der Waals surface area (Å²) in [7, 11) is 0. The summed E-state index contributed by atoms with van der Waals surface area (Å²) in [6.07, 6.45) is 4.45. The smallest absolute Gasteiger partial charge is 0.148 e. The fourth-order valence-electron chi connectivity index (χ4n) is 1.36. The van der Waals surface area contributed by atoms with Crippen LogP contribution in [0.15, 0.2) is 6.20 Å². The van der Waals surface area contributed by atoms with Gasteiger partial charge in [0.25, 0.3) is 0 Å². The van der Waals surface area contributed by atoms with Crippen LogP contribution in [0.2, 0.25) is 15.2 Å². The zero-order valence-electron chi connectivity index (χ0n) is 8.43. The number of nitrogens with two attached hydrogens (primary N) is 1. The molecule has 0 radical (unpaired) electrons. The zero-order valence-corrected chi connectivity index (χ0v) is 10.7. The van der Waals surface area contributed by atoms with Crippen molar-refractivity contribution >= 4 is 34.8 Å². The molecule has 2 N–H and O–H groups in total. The number of hydrogen-bond acceptors (Lipinski definition) is 2. The maximum absolute atomic E-state index is 6.01. The van der Waals surface area contributed by atoms with E-state index in [9.17, 15) is 0 Å². The molecule has 0 aromatic carbocycles. The van der Waals surface area contributed by atoms with Crippen LogP contribution in [0.1, 0.15) is 37.8 Å². The van der Waals surface area contributed by atoms with Crippen LogP contribution in [-0.4, -0.2) is 4.98 Å². The molecular formula is C10H13Cl3N2. The second kappa shape index (κ2) is 5.90.